The molecule has 0 radical (unpaired) electrons. The van der Waals surface area contributed by atoms with Crippen LogP contribution in [-0.4, -0.2) is 34.7 Å². The first kappa shape index (κ1) is 17.0. The molecule has 124 valence electrons. The second kappa shape index (κ2) is 7.28. The summed E-state index contributed by atoms with van der Waals surface area (Å²) in [7, 11) is 0. The van der Waals surface area contributed by atoms with Gasteiger partial charge in [0.2, 0.25) is 0 Å². The number of rotatable bonds is 6. The Morgan fingerprint density at radius 1 is 0.958 bits per heavy atom. The Labute approximate surface area is 137 Å². The predicted octanol–water partition coefficient (Wildman–Crippen LogP) is 2.73. The highest BCUT2D eigenvalue weighted by Crippen LogP contribution is 2.18. The van der Waals surface area contributed by atoms with Crippen LogP contribution in [0.5, 0.6) is 5.75 Å². The van der Waals surface area contributed by atoms with Crippen LogP contribution in [0.4, 0.5) is 5.69 Å². The molecular formula is C17H15NO6. The third kappa shape index (κ3) is 3.89. The molecule has 2 rings (SSSR count). The largest absolute Gasteiger partial charge is 0.494 e. The number of carboxylic acid groups (broad SMARTS) is 2. The molecule has 0 atom stereocenters. The zero-order valence-corrected chi connectivity index (χ0v) is 12.8. The maximum Gasteiger partial charge on any atom is 0.336 e. The molecule has 24 heavy (non-hydrogen) atoms. The fourth-order valence-corrected chi connectivity index (χ4v) is 2.05. The average molecular weight is 329 g/mol. The van der Waals surface area contributed by atoms with Gasteiger partial charge >= 0.3 is 11.9 Å². The van der Waals surface area contributed by atoms with E-state index in [0.717, 1.165) is 18.2 Å². The SMILES string of the molecule is CCOc1ccc(NC(=O)c2cc(C(=O)O)ccc2C(=O)O)cc1. The molecule has 0 unspecified atom stereocenters. The minimum absolute atomic E-state index is 0.170. The summed E-state index contributed by atoms with van der Waals surface area (Å²) in [6.07, 6.45) is 0. The van der Waals surface area contributed by atoms with Crippen LogP contribution in [0.1, 0.15) is 38.0 Å². The van der Waals surface area contributed by atoms with Crippen LogP contribution < -0.4 is 10.1 Å². The average Bonchev–Trinajstić information content (AvgIpc) is 2.56. The first-order chi connectivity index (χ1) is 11.4. The number of aromatic carboxylic acids is 2. The van der Waals surface area contributed by atoms with E-state index in [0.29, 0.717) is 18.0 Å². The summed E-state index contributed by atoms with van der Waals surface area (Å²) in [5.41, 5.74) is -0.239. The predicted molar refractivity (Wildman–Crippen MR) is 85.9 cm³/mol. The number of anilines is 1. The van der Waals surface area contributed by atoms with Gasteiger partial charge in [0.15, 0.2) is 0 Å². The van der Waals surface area contributed by atoms with Gasteiger partial charge in [-0.05, 0) is 49.4 Å². The van der Waals surface area contributed by atoms with Crippen LogP contribution in [0.15, 0.2) is 42.5 Å². The normalized spacial score (nSPS) is 10.0. The van der Waals surface area contributed by atoms with E-state index in [-0.39, 0.29) is 16.7 Å². The number of hydrogen-bond donors (Lipinski definition) is 3. The Kier molecular flexibility index (Phi) is 5.16. The lowest BCUT2D eigenvalue weighted by atomic mass is 10.0. The number of nitrogens with one attached hydrogen (secondary N) is 1. The number of amides is 1. The number of benzene rings is 2. The highest BCUT2D eigenvalue weighted by Gasteiger charge is 2.19. The summed E-state index contributed by atoms with van der Waals surface area (Å²) in [6.45, 7) is 2.36. The summed E-state index contributed by atoms with van der Waals surface area (Å²) in [6, 6.07) is 9.79. The summed E-state index contributed by atoms with van der Waals surface area (Å²) < 4.78 is 5.29. The van der Waals surface area contributed by atoms with Crippen molar-refractivity contribution in [1.82, 2.24) is 0 Å². The monoisotopic (exact) mass is 329 g/mol. The summed E-state index contributed by atoms with van der Waals surface area (Å²) in [4.78, 5) is 34.6. The molecule has 0 saturated heterocycles. The first-order valence-electron chi connectivity index (χ1n) is 7.07. The minimum Gasteiger partial charge on any atom is -0.494 e. The first-order valence-corrected chi connectivity index (χ1v) is 7.07. The van der Waals surface area contributed by atoms with E-state index in [1.165, 1.54) is 0 Å². The second-order valence-corrected chi connectivity index (χ2v) is 4.78. The van der Waals surface area contributed by atoms with E-state index in [9.17, 15) is 14.4 Å². The zero-order chi connectivity index (χ0) is 17.7. The van der Waals surface area contributed by atoms with Crippen molar-refractivity contribution in [1.29, 1.82) is 0 Å². The van der Waals surface area contributed by atoms with Gasteiger partial charge in [-0.1, -0.05) is 0 Å². The Bertz CT molecular complexity index is 782. The number of ether oxygens (including phenoxy) is 1. The Morgan fingerprint density at radius 3 is 2.17 bits per heavy atom. The molecule has 0 fully saturated rings. The Morgan fingerprint density at radius 2 is 1.62 bits per heavy atom. The van der Waals surface area contributed by atoms with Crippen molar-refractivity contribution in [3.8, 4) is 5.75 Å². The number of carbonyl (C=O) groups excluding carboxylic acids is 1. The summed E-state index contributed by atoms with van der Waals surface area (Å²) >= 11 is 0. The van der Waals surface area contributed by atoms with Crippen molar-refractivity contribution in [3.63, 3.8) is 0 Å². The standard InChI is InChI=1S/C17H15NO6/c1-2-24-12-6-4-11(5-7-12)18-15(19)14-9-10(16(20)21)3-8-13(14)17(22)23/h3-9H,2H2,1H3,(H,18,19)(H,20,21)(H,22,23). The fourth-order valence-electron chi connectivity index (χ4n) is 2.05. The summed E-state index contributed by atoms with van der Waals surface area (Å²) in [5.74, 6) is -2.64. The number of hydrogen-bond acceptors (Lipinski definition) is 4. The van der Waals surface area contributed by atoms with Gasteiger partial charge in [0.1, 0.15) is 5.75 Å². The second-order valence-electron chi connectivity index (χ2n) is 4.78. The van der Waals surface area contributed by atoms with Gasteiger partial charge in [-0.2, -0.15) is 0 Å². The minimum atomic E-state index is -1.32. The van der Waals surface area contributed by atoms with E-state index >= 15 is 0 Å². The maximum atomic E-state index is 12.3. The van der Waals surface area contributed by atoms with E-state index < -0.39 is 17.8 Å². The van der Waals surface area contributed by atoms with Gasteiger partial charge < -0.3 is 20.3 Å². The molecule has 0 aliphatic rings. The third-order valence-electron chi connectivity index (χ3n) is 3.16. The molecule has 0 aliphatic carbocycles. The van der Waals surface area contributed by atoms with E-state index in [4.69, 9.17) is 14.9 Å². The molecule has 3 N–H and O–H groups in total. The molecule has 0 aromatic heterocycles. The highest BCUT2D eigenvalue weighted by atomic mass is 16.5. The number of carboxylic acids is 2. The lowest BCUT2D eigenvalue weighted by molar-refractivity contribution is 0.0679. The van der Waals surface area contributed by atoms with Crippen LogP contribution >= 0.6 is 0 Å². The van der Waals surface area contributed by atoms with Crippen LogP contribution in [-0.2, 0) is 0 Å². The van der Waals surface area contributed by atoms with Gasteiger partial charge in [0.05, 0.1) is 23.3 Å². The van der Waals surface area contributed by atoms with E-state index in [2.05, 4.69) is 5.32 Å². The summed E-state index contributed by atoms with van der Waals surface area (Å²) in [5, 5.41) is 20.7. The fraction of sp³-hybridized carbons (Fsp3) is 0.118. The van der Waals surface area contributed by atoms with Crippen LogP contribution in [0.3, 0.4) is 0 Å². The number of carbonyl (C=O) groups is 3. The molecule has 2 aromatic rings. The van der Waals surface area contributed by atoms with Crippen LogP contribution in [0.2, 0.25) is 0 Å². The van der Waals surface area contributed by atoms with E-state index in [1.807, 2.05) is 6.92 Å². The molecule has 0 bridgehead atoms. The smallest absolute Gasteiger partial charge is 0.336 e. The van der Waals surface area contributed by atoms with Crippen LogP contribution in [0, 0.1) is 0 Å². The molecule has 0 aliphatic heterocycles. The zero-order valence-electron chi connectivity index (χ0n) is 12.8. The van der Waals surface area contributed by atoms with E-state index in [1.54, 1.807) is 24.3 Å². The van der Waals surface area contributed by atoms with Crippen molar-refractivity contribution in [2.75, 3.05) is 11.9 Å². The quantitative estimate of drug-likeness (QED) is 0.751. The van der Waals surface area contributed by atoms with Gasteiger partial charge in [0, 0.05) is 5.69 Å². The third-order valence-corrected chi connectivity index (χ3v) is 3.16. The maximum absolute atomic E-state index is 12.3. The molecular weight excluding hydrogens is 314 g/mol. The molecule has 7 nitrogen and oxygen atoms in total. The van der Waals surface area contributed by atoms with Gasteiger partial charge in [-0.15, -0.1) is 0 Å². The molecule has 1 amide bonds. The topological polar surface area (TPSA) is 113 Å². The molecule has 7 heteroatoms. The lowest BCUT2D eigenvalue weighted by Crippen LogP contribution is -2.17. The van der Waals surface area contributed by atoms with Crippen molar-refractivity contribution in [2.24, 2.45) is 0 Å². The molecule has 0 saturated carbocycles. The van der Waals surface area contributed by atoms with Crippen molar-refractivity contribution in [2.45, 2.75) is 6.92 Å². The van der Waals surface area contributed by atoms with Gasteiger partial charge in [-0.3, -0.25) is 4.79 Å². The van der Waals surface area contributed by atoms with Gasteiger partial charge in [0.25, 0.3) is 5.91 Å². The van der Waals surface area contributed by atoms with Crippen LogP contribution in [0.25, 0.3) is 0 Å². The Hall–Kier alpha value is -3.35. The Balaban J connectivity index is 2.29. The van der Waals surface area contributed by atoms with Crippen molar-refractivity contribution < 1.29 is 29.3 Å². The molecule has 0 spiro atoms. The van der Waals surface area contributed by atoms with Crippen molar-refractivity contribution in [3.05, 3.63) is 59.2 Å². The lowest BCUT2D eigenvalue weighted by Gasteiger charge is -2.10. The van der Waals surface area contributed by atoms with Gasteiger partial charge in [-0.25, -0.2) is 9.59 Å². The molecule has 0 heterocycles. The molecule has 2 aromatic carbocycles. The van der Waals surface area contributed by atoms with Crippen molar-refractivity contribution >= 4 is 23.5 Å². The highest BCUT2D eigenvalue weighted by molar-refractivity contribution is 6.11.